The van der Waals surface area contributed by atoms with Crippen LogP contribution < -0.4 is 0 Å². The van der Waals surface area contributed by atoms with E-state index >= 15 is 0 Å². The molecule has 0 aromatic carbocycles. The molecule has 0 fully saturated rings. The normalized spacial score (nSPS) is 13.8. The van der Waals surface area contributed by atoms with Crippen molar-refractivity contribution >= 4 is 15.9 Å². The SMILES string of the molecule is O=C(N(O)S(=O)(=O)C(F)(F)F)C(F)(F)F. The van der Waals surface area contributed by atoms with E-state index in [-0.39, 0.29) is 0 Å². The monoisotopic (exact) mass is 261 g/mol. The summed E-state index contributed by atoms with van der Waals surface area (Å²) in [5.41, 5.74) is -6.21. The number of hydroxylamine groups is 1. The molecule has 0 aliphatic heterocycles. The van der Waals surface area contributed by atoms with Crippen molar-refractivity contribution in [3.05, 3.63) is 0 Å². The highest BCUT2D eigenvalue weighted by atomic mass is 32.2. The Balaban J connectivity index is 5.23. The van der Waals surface area contributed by atoms with Gasteiger partial charge in [0.05, 0.1) is 0 Å². The lowest BCUT2D eigenvalue weighted by atomic mass is 10.6. The lowest BCUT2D eigenvalue weighted by Gasteiger charge is -2.17. The van der Waals surface area contributed by atoms with Crippen LogP contribution in [0.25, 0.3) is 0 Å². The molecular weight excluding hydrogens is 260 g/mol. The number of sulfonamides is 1. The standard InChI is InChI=1S/C3HF6NO4S/c4-2(5,6)1(11)10(12)15(13,14)3(7,8)9/h12H. The van der Waals surface area contributed by atoms with Crippen molar-refractivity contribution in [2.75, 3.05) is 0 Å². The molecule has 0 aliphatic carbocycles. The maximum absolute atomic E-state index is 11.5. The second kappa shape index (κ2) is 3.52. The molecule has 90 valence electrons. The van der Waals surface area contributed by atoms with E-state index in [9.17, 15) is 39.6 Å². The van der Waals surface area contributed by atoms with Gasteiger partial charge in [0.1, 0.15) is 0 Å². The van der Waals surface area contributed by atoms with Gasteiger partial charge in [0.2, 0.25) is 0 Å². The Labute approximate surface area is 77.9 Å². The fourth-order valence-electron chi connectivity index (χ4n) is 0.316. The molecule has 0 spiro atoms. The third-order valence-corrected chi connectivity index (χ3v) is 2.14. The first kappa shape index (κ1) is 14.0. The number of carbonyl (C=O) groups is 1. The molecule has 0 aliphatic rings. The number of hydrogen-bond donors (Lipinski definition) is 1. The van der Waals surface area contributed by atoms with E-state index in [1.807, 2.05) is 0 Å². The number of amides is 1. The van der Waals surface area contributed by atoms with Crippen molar-refractivity contribution in [2.24, 2.45) is 0 Å². The van der Waals surface area contributed by atoms with Crippen LogP contribution in [0.15, 0.2) is 0 Å². The summed E-state index contributed by atoms with van der Waals surface area (Å²) >= 11 is 0. The Morgan fingerprint density at radius 2 is 1.40 bits per heavy atom. The minimum atomic E-state index is -6.74. The van der Waals surface area contributed by atoms with Crippen LogP contribution in [0.1, 0.15) is 0 Å². The first-order valence-electron chi connectivity index (χ1n) is 2.73. The summed E-state index contributed by atoms with van der Waals surface area (Å²) in [7, 11) is -6.74. The third-order valence-electron chi connectivity index (χ3n) is 0.936. The maximum atomic E-state index is 11.5. The van der Waals surface area contributed by atoms with Gasteiger partial charge in [-0.1, -0.05) is 4.47 Å². The summed E-state index contributed by atoms with van der Waals surface area (Å²) in [5.74, 6) is -3.56. The second-order valence-corrected chi connectivity index (χ2v) is 3.76. The predicted octanol–water partition coefficient (Wildman–Crippen LogP) is 0.616. The van der Waals surface area contributed by atoms with Crippen LogP contribution in [-0.4, -0.2) is 35.7 Å². The van der Waals surface area contributed by atoms with E-state index in [1.54, 1.807) is 0 Å². The Bertz CT molecular complexity index is 354. The molecule has 0 saturated heterocycles. The largest absolute Gasteiger partial charge is 0.518 e. The van der Waals surface area contributed by atoms with E-state index in [0.29, 0.717) is 0 Å². The Kier molecular flexibility index (Phi) is 3.27. The smallest absolute Gasteiger partial charge is 0.271 e. The van der Waals surface area contributed by atoms with Crippen molar-refractivity contribution in [1.82, 2.24) is 4.47 Å². The maximum Gasteiger partial charge on any atom is 0.518 e. The lowest BCUT2D eigenvalue weighted by molar-refractivity contribution is -0.201. The van der Waals surface area contributed by atoms with Gasteiger partial charge in [-0.05, 0) is 0 Å². The van der Waals surface area contributed by atoms with Crippen LogP contribution in [0.3, 0.4) is 0 Å². The average molecular weight is 261 g/mol. The highest BCUT2D eigenvalue weighted by Gasteiger charge is 2.57. The van der Waals surface area contributed by atoms with Crippen molar-refractivity contribution < 1.29 is 44.8 Å². The topological polar surface area (TPSA) is 74.7 Å². The van der Waals surface area contributed by atoms with E-state index in [2.05, 4.69) is 0 Å². The number of halogens is 6. The lowest BCUT2D eigenvalue weighted by Crippen LogP contribution is -2.47. The minimum absolute atomic E-state index is 2.40. The first-order valence-corrected chi connectivity index (χ1v) is 4.17. The number of hydrogen-bond acceptors (Lipinski definition) is 4. The van der Waals surface area contributed by atoms with Crippen LogP contribution in [-0.2, 0) is 14.8 Å². The predicted molar refractivity (Wildman–Crippen MR) is 29.7 cm³/mol. The number of alkyl halides is 6. The van der Waals surface area contributed by atoms with E-state index in [4.69, 9.17) is 5.21 Å². The Morgan fingerprint density at radius 1 is 1.07 bits per heavy atom. The van der Waals surface area contributed by atoms with Gasteiger partial charge in [0, 0.05) is 0 Å². The van der Waals surface area contributed by atoms with Crippen molar-refractivity contribution in [2.45, 2.75) is 11.7 Å². The summed E-state index contributed by atoms with van der Waals surface area (Å²) in [6.07, 6.45) is -5.94. The van der Waals surface area contributed by atoms with Crippen molar-refractivity contribution in [1.29, 1.82) is 0 Å². The molecule has 0 unspecified atom stereocenters. The fraction of sp³-hybridized carbons (Fsp3) is 0.667. The second-order valence-electron chi connectivity index (χ2n) is 2.00. The zero-order valence-corrected chi connectivity index (χ0v) is 7.11. The van der Waals surface area contributed by atoms with Gasteiger partial charge in [-0.2, -0.15) is 34.8 Å². The van der Waals surface area contributed by atoms with Crippen LogP contribution in [0.2, 0.25) is 0 Å². The molecule has 0 aromatic heterocycles. The highest BCUT2D eigenvalue weighted by Crippen LogP contribution is 2.28. The average Bonchev–Trinajstić information content (AvgIpc) is 1.97. The van der Waals surface area contributed by atoms with Crippen LogP contribution in [0, 0.1) is 0 Å². The summed E-state index contributed by atoms with van der Waals surface area (Å²) in [5, 5.41) is 7.97. The quantitative estimate of drug-likeness (QED) is 0.426. The molecule has 15 heavy (non-hydrogen) atoms. The number of nitrogens with zero attached hydrogens (tertiary/aromatic N) is 1. The van der Waals surface area contributed by atoms with Gasteiger partial charge in [0.15, 0.2) is 0 Å². The highest BCUT2D eigenvalue weighted by molar-refractivity contribution is 7.90. The van der Waals surface area contributed by atoms with Gasteiger partial charge < -0.3 is 0 Å². The molecule has 0 aromatic rings. The molecule has 0 heterocycles. The van der Waals surface area contributed by atoms with Gasteiger partial charge in [-0.3, -0.25) is 10.0 Å². The molecule has 0 radical (unpaired) electrons. The van der Waals surface area contributed by atoms with E-state index in [0.717, 1.165) is 0 Å². The molecular formula is C3HF6NO4S. The molecule has 0 saturated carbocycles. The van der Waals surface area contributed by atoms with Crippen molar-refractivity contribution in [3.63, 3.8) is 0 Å². The van der Waals surface area contributed by atoms with Crippen molar-refractivity contribution in [3.8, 4) is 0 Å². The summed E-state index contributed by atoms with van der Waals surface area (Å²) in [6.45, 7) is 0. The molecule has 0 bridgehead atoms. The summed E-state index contributed by atoms with van der Waals surface area (Å²) < 4.78 is 86.6. The third kappa shape index (κ3) is 2.71. The zero-order chi connectivity index (χ0) is 12.7. The van der Waals surface area contributed by atoms with Crippen LogP contribution in [0.5, 0.6) is 0 Å². The van der Waals surface area contributed by atoms with E-state index in [1.165, 1.54) is 0 Å². The van der Waals surface area contributed by atoms with Gasteiger partial charge >= 0.3 is 27.6 Å². The fourth-order valence-corrected chi connectivity index (χ4v) is 0.834. The summed E-state index contributed by atoms with van der Waals surface area (Å²) in [6, 6.07) is 0. The minimum Gasteiger partial charge on any atom is -0.271 e. The van der Waals surface area contributed by atoms with E-state index < -0.39 is 32.1 Å². The Hall–Kier alpha value is -1.04. The molecule has 0 atom stereocenters. The Morgan fingerprint density at radius 3 is 1.60 bits per heavy atom. The first-order chi connectivity index (χ1) is 6.32. The zero-order valence-electron chi connectivity index (χ0n) is 6.30. The van der Waals surface area contributed by atoms with Gasteiger partial charge in [-0.25, -0.2) is 0 Å². The van der Waals surface area contributed by atoms with Crippen LogP contribution in [0.4, 0.5) is 26.3 Å². The van der Waals surface area contributed by atoms with Crippen LogP contribution >= 0.6 is 0 Å². The molecule has 5 nitrogen and oxygen atoms in total. The molecule has 1 amide bonds. The number of carbonyl (C=O) groups excluding carboxylic acids is 1. The molecule has 1 N–H and O–H groups in total. The molecule has 0 rings (SSSR count). The summed E-state index contributed by atoms with van der Waals surface area (Å²) in [4.78, 5) is 9.93. The number of rotatable bonds is 1. The van der Waals surface area contributed by atoms with Gasteiger partial charge in [-0.15, -0.1) is 0 Å². The molecule has 12 heteroatoms. The van der Waals surface area contributed by atoms with Gasteiger partial charge in [0.25, 0.3) is 0 Å².